The Morgan fingerprint density at radius 3 is 2.43 bits per heavy atom. The van der Waals surface area contributed by atoms with Crippen LogP contribution >= 0.6 is 0 Å². The second kappa shape index (κ2) is 12.5. The van der Waals surface area contributed by atoms with Crippen LogP contribution in [0.2, 0.25) is 0 Å². The molecular formula is C20H30N8O7. The van der Waals surface area contributed by atoms with E-state index in [4.69, 9.17) is 17.2 Å². The van der Waals surface area contributed by atoms with Gasteiger partial charge in [0, 0.05) is 25.6 Å². The third-order valence-corrected chi connectivity index (χ3v) is 5.47. The van der Waals surface area contributed by atoms with Crippen molar-refractivity contribution in [3.63, 3.8) is 0 Å². The second-order valence-corrected chi connectivity index (χ2v) is 8.20. The monoisotopic (exact) mass is 494 g/mol. The van der Waals surface area contributed by atoms with E-state index in [1.165, 1.54) is 11.2 Å². The highest BCUT2D eigenvalue weighted by Gasteiger charge is 2.38. The molecule has 0 saturated carbocycles. The lowest BCUT2D eigenvalue weighted by molar-refractivity contribution is -0.144. The summed E-state index contributed by atoms with van der Waals surface area (Å²) in [6, 6.07) is -4.83. The number of nitrogens with two attached hydrogens (primary N) is 3. The minimum Gasteiger partial charge on any atom is -0.480 e. The van der Waals surface area contributed by atoms with Gasteiger partial charge >= 0.3 is 5.97 Å². The fourth-order valence-corrected chi connectivity index (χ4v) is 3.73. The van der Waals surface area contributed by atoms with E-state index in [1.807, 2.05) is 0 Å². The van der Waals surface area contributed by atoms with E-state index in [2.05, 4.69) is 20.6 Å². The summed E-state index contributed by atoms with van der Waals surface area (Å²) in [6.45, 7) is 0.281. The van der Waals surface area contributed by atoms with E-state index in [0.29, 0.717) is 18.5 Å². The number of imidazole rings is 1. The van der Waals surface area contributed by atoms with Crippen molar-refractivity contribution in [2.45, 2.75) is 62.7 Å². The van der Waals surface area contributed by atoms with Gasteiger partial charge in [0.1, 0.15) is 18.1 Å². The van der Waals surface area contributed by atoms with Gasteiger partial charge in [0.25, 0.3) is 0 Å². The Morgan fingerprint density at radius 1 is 1.14 bits per heavy atom. The van der Waals surface area contributed by atoms with Gasteiger partial charge in [-0.25, -0.2) is 9.78 Å². The highest BCUT2D eigenvalue weighted by atomic mass is 16.4. The number of H-pyrrole nitrogens is 1. The standard InChI is InChI=1S/C20H30N8O7/c21-11(6-10-8-24-9-25-10)19(33)28-5-1-2-14(28)18(32)26-12(3-4-15(22)29)17(31)27-13(20(34)35)7-16(23)30/h8-9,11-14H,1-7,21H2,(H2,22,29)(H2,23,30)(H,24,25)(H,26,32)(H,27,31)(H,34,35)/t11-,12-,13-,14-/m0/s1. The van der Waals surface area contributed by atoms with Crippen molar-refractivity contribution in [2.75, 3.05) is 6.54 Å². The van der Waals surface area contributed by atoms with Crippen molar-refractivity contribution in [3.05, 3.63) is 18.2 Å². The lowest BCUT2D eigenvalue weighted by atomic mass is 10.1. The van der Waals surface area contributed by atoms with Gasteiger partial charge in [-0.3, -0.25) is 24.0 Å². The van der Waals surface area contributed by atoms with Crippen molar-refractivity contribution in [1.82, 2.24) is 25.5 Å². The molecule has 0 aliphatic carbocycles. The molecule has 15 heteroatoms. The Morgan fingerprint density at radius 2 is 1.86 bits per heavy atom. The zero-order valence-electron chi connectivity index (χ0n) is 18.9. The second-order valence-electron chi connectivity index (χ2n) is 8.20. The summed E-state index contributed by atoms with van der Waals surface area (Å²) in [5, 5.41) is 13.8. The van der Waals surface area contributed by atoms with E-state index in [0.717, 1.165) is 0 Å². The molecule has 1 saturated heterocycles. The molecule has 2 rings (SSSR count). The molecule has 1 aromatic rings. The maximum atomic E-state index is 13.0. The largest absolute Gasteiger partial charge is 0.480 e. The summed E-state index contributed by atoms with van der Waals surface area (Å²) in [6.07, 6.45) is 2.87. The van der Waals surface area contributed by atoms with Crippen LogP contribution in [0.4, 0.5) is 0 Å². The fraction of sp³-hybridized carbons (Fsp3) is 0.550. The maximum absolute atomic E-state index is 13.0. The predicted molar refractivity (Wildman–Crippen MR) is 119 cm³/mol. The number of aliphatic carboxylic acids is 1. The summed E-state index contributed by atoms with van der Waals surface area (Å²) in [4.78, 5) is 80.4. The first kappa shape index (κ1) is 27.2. The van der Waals surface area contributed by atoms with Crippen molar-refractivity contribution < 1.29 is 33.9 Å². The Labute approximate surface area is 200 Å². The van der Waals surface area contributed by atoms with Gasteiger partial charge in [-0.1, -0.05) is 0 Å². The SMILES string of the molecule is NC(=O)CC[C@H](NC(=O)[C@@H]1CCCN1C(=O)[C@@H](N)Cc1c[nH]cn1)C(=O)N[C@@H](CC(N)=O)C(=O)O. The highest BCUT2D eigenvalue weighted by molar-refractivity contribution is 5.95. The number of aromatic nitrogens is 2. The number of nitrogens with zero attached hydrogens (tertiary/aromatic N) is 2. The molecule has 1 aliphatic heterocycles. The van der Waals surface area contributed by atoms with Crippen LogP contribution in [0.15, 0.2) is 12.5 Å². The molecule has 10 N–H and O–H groups in total. The van der Waals surface area contributed by atoms with Gasteiger partial charge in [0.2, 0.25) is 29.5 Å². The molecule has 15 nitrogen and oxygen atoms in total. The molecular weight excluding hydrogens is 464 g/mol. The van der Waals surface area contributed by atoms with E-state index in [1.54, 1.807) is 6.20 Å². The molecule has 0 aromatic carbocycles. The summed E-state index contributed by atoms with van der Waals surface area (Å²) in [5.74, 6) is -5.28. The highest BCUT2D eigenvalue weighted by Crippen LogP contribution is 2.19. The number of carboxylic acids is 1. The molecule has 1 fully saturated rings. The van der Waals surface area contributed by atoms with Gasteiger partial charge < -0.3 is 42.8 Å². The number of carboxylic acid groups (broad SMARTS) is 1. The number of amides is 5. The maximum Gasteiger partial charge on any atom is 0.326 e. The van der Waals surface area contributed by atoms with Gasteiger partial charge in [-0.2, -0.15) is 0 Å². The van der Waals surface area contributed by atoms with Crippen molar-refractivity contribution >= 4 is 35.5 Å². The van der Waals surface area contributed by atoms with Gasteiger partial charge in [-0.15, -0.1) is 0 Å². The molecule has 0 radical (unpaired) electrons. The summed E-state index contributed by atoms with van der Waals surface area (Å²) < 4.78 is 0. The molecule has 0 spiro atoms. The molecule has 0 unspecified atom stereocenters. The third-order valence-electron chi connectivity index (χ3n) is 5.47. The summed E-state index contributed by atoms with van der Waals surface area (Å²) in [7, 11) is 0. The van der Waals surface area contributed by atoms with Crippen LogP contribution in [-0.4, -0.2) is 86.2 Å². The number of primary amides is 2. The zero-order valence-corrected chi connectivity index (χ0v) is 18.9. The molecule has 35 heavy (non-hydrogen) atoms. The first-order valence-corrected chi connectivity index (χ1v) is 10.9. The van der Waals surface area contributed by atoms with E-state index < -0.39 is 66.1 Å². The van der Waals surface area contributed by atoms with Crippen molar-refractivity contribution in [1.29, 1.82) is 0 Å². The Hall–Kier alpha value is -4.01. The van der Waals surface area contributed by atoms with Crippen LogP contribution in [0.5, 0.6) is 0 Å². The van der Waals surface area contributed by atoms with Crippen LogP contribution in [0.1, 0.15) is 37.8 Å². The third kappa shape index (κ3) is 8.06. The fourth-order valence-electron chi connectivity index (χ4n) is 3.73. The Balaban J connectivity index is 2.09. The van der Waals surface area contributed by atoms with Crippen molar-refractivity contribution in [3.8, 4) is 0 Å². The number of hydrogen-bond donors (Lipinski definition) is 7. The van der Waals surface area contributed by atoms with Crippen LogP contribution in [-0.2, 0) is 35.2 Å². The first-order valence-electron chi connectivity index (χ1n) is 10.9. The average Bonchev–Trinajstić information content (AvgIpc) is 3.46. The van der Waals surface area contributed by atoms with Crippen molar-refractivity contribution in [2.24, 2.45) is 17.2 Å². The van der Waals surface area contributed by atoms with Gasteiger partial charge in [-0.05, 0) is 19.3 Å². The zero-order chi connectivity index (χ0) is 26.1. The number of carbonyl (C=O) groups is 6. The quantitative estimate of drug-likeness (QED) is 0.143. The minimum absolute atomic E-state index is 0.160. The normalized spacial score (nSPS) is 17.7. The lowest BCUT2D eigenvalue weighted by Gasteiger charge is -2.28. The van der Waals surface area contributed by atoms with E-state index >= 15 is 0 Å². The number of carbonyl (C=O) groups excluding carboxylic acids is 5. The summed E-state index contributed by atoms with van der Waals surface area (Å²) in [5.41, 5.74) is 16.8. The Bertz CT molecular complexity index is 951. The number of nitrogens with one attached hydrogen (secondary N) is 3. The molecule has 0 bridgehead atoms. The topological polar surface area (TPSA) is 257 Å². The predicted octanol–water partition coefficient (Wildman–Crippen LogP) is -3.53. The molecule has 1 aromatic heterocycles. The number of aromatic amines is 1. The lowest BCUT2D eigenvalue weighted by Crippen LogP contribution is -2.57. The molecule has 2 heterocycles. The van der Waals surface area contributed by atoms with Crippen LogP contribution < -0.4 is 27.8 Å². The van der Waals surface area contributed by atoms with E-state index in [-0.39, 0.29) is 25.8 Å². The van der Waals surface area contributed by atoms with Crippen LogP contribution in [0, 0.1) is 0 Å². The van der Waals surface area contributed by atoms with Crippen LogP contribution in [0.25, 0.3) is 0 Å². The first-order chi connectivity index (χ1) is 16.5. The van der Waals surface area contributed by atoms with E-state index in [9.17, 15) is 33.9 Å². The molecule has 1 aliphatic rings. The Kier molecular flexibility index (Phi) is 9.69. The number of rotatable bonds is 13. The smallest absolute Gasteiger partial charge is 0.326 e. The molecule has 4 atom stereocenters. The molecule has 192 valence electrons. The van der Waals surface area contributed by atoms with Crippen LogP contribution in [0.3, 0.4) is 0 Å². The van der Waals surface area contributed by atoms with Gasteiger partial charge in [0.05, 0.1) is 24.5 Å². The number of likely N-dealkylation sites (tertiary alicyclic amines) is 1. The number of hydrogen-bond acceptors (Lipinski definition) is 8. The van der Waals surface area contributed by atoms with Gasteiger partial charge in [0.15, 0.2) is 0 Å². The summed E-state index contributed by atoms with van der Waals surface area (Å²) >= 11 is 0. The minimum atomic E-state index is -1.63. The molecule has 5 amide bonds. The average molecular weight is 495 g/mol.